The minimum atomic E-state index is -1.38. The van der Waals surface area contributed by atoms with E-state index in [-0.39, 0.29) is 0 Å². The molecule has 2 heteroatoms. The predicted octanol–water partition coefficient (Wildman–Crippen LogP) is 5.14. The zero-order chi connectivity index (χ0) is 12.4. The summed E-state index contributed by atoms with van der Waals surface area (Å²) < 4.78 is 6.15. The van der Waals surface area contributed by atoms with Crippen LogP contribution in [0.3, 0.4) is 0 Å². The molecule has 0 aliphatic carbocycles. The van der Waals surface area contributed by atoms with Gasteiger partial charge >= 0.3 is 0 Å². The second-order valence-electron chi connectivity index (χ2n) is 5.58. The monoisotopic (exact) mass is 242 g/mol. The van der Waals surface area contributed by atoms with Crippen molar-refractivity contribution in [2.45, 2.75) is 77.6 Å². The van der Waals surface area contributed by atoms with Crippen LogP contribution in [0.2, 0.25) is 19.6 Å². The first-order valence-corrected chi connectivity index (χ1v) is 10.2. The van der Waals surface area contributed by atoms with Crippen molar-refractivity contribution in [1.82, 2.24) is 0 Å². The first-order valence-electron chi connectivity index (χ1n) is 6.78. The standard InChI is InChI=1S/C14H30OSi/c1-6-8-9-10-11-13-14(12-7-2)15-16(3,4)5/h7,14H,2,6,8-13H2,1,3-5H3. The minimum Gasteiger partial charge on any atom is -0.414 e. The van der Waals surface area contributed by atoms with E-state index in [0.29, 0.717) is 6.10 Å². The first kappa shape index (κ1) is 15.9. The van der Waals surface area contributed by atoms with Crippen LogP contribution in [-0.2, 0) is 4.43 Å². The maximum atomic E-state index is 6.15. The molecule has 0 aromatic carbocycles. The third-order valence-corrected chi connectivity index (χ3v) is 3.62. The Hall–Kier alpha value is -0.0831. The molecule has 0 rings (SSSR count). The summed E-state index contributed by atoms with van der Waals surface area (Å²) in [5.74, 6) is 0. The van der Waals surface area contributed by atoms with Gasteiger partial charge in [-0.3, -0.25) is 0 Å². The molecule has 0 saturated carbocycles. The smallest absolute Gasteiger partial charge is 0.184 e. The van der Waals surface area contributed by atoms with Gasteiger partial charge in [-0.05, 0) is 32.5 Å². The van der Waals surface area contributed by atoms with Crippen LogP contribution < -0.4 is 0 Å². The summed E-state index contributed by atoms with van der Waals surface area (Å²) in [6, 6.07) is 0. The molecule has 96 valence electrons. The van der Waals surface area contributed by atoms with Crippen molar-refractivity contribution >= 4 is 8.32 Å². The Balaban J connectivity index is 3.72. The summed E-state index contributed by atoms with van der Waals surface area (Å²) >= 11 is 0. The van der Waals surface area contributed by atoms with Crippen LogP contribution in [0.25, 0.3) is 0 Å². The number of hydrogen-bond donors (Lipinski definition) is 0. The highest BCUT2D eigenvalue weighted by Crippen LogP contribution is 2.17. The molecule has 0 aromatic heterocycles. The molecule has 0 radical (unpaired) electrons. The second-order valence-corrected chi connectivity index (χ2v) is 10.0. The Morgan fingerprint density at radius 2 is 1.75 bits per heavy atom. The van der Waals surface area contributed by atoms with Gasteiger partial charge in [0.15, 0.2) is 8.32 Å². The van der Waals surface area contributed by atoms with Crippen LogP contribution in [0.1, 0.15) is 51.9 Å². The average Bonchev–Trinajstić information content (AvgIpc) is 2.15. The van der Waals surface area contributed by atoms with Crippen molar-refractivity contribution < 1.29 is 4.43 Å². The van der Waals surface area contributed by atoms with Crippen molar-refractivity contribution in [3.63, 3.8) is 0 Å². The minimum absolute atomic E-state index is 0.422. The number of rotatable bonds is 10. The lowest BCUT2D eigenvalue weighted by atomic mass is 10.1. The summed E-state index contributed by atoms with van der Waals surface area (Å²) in [4.78, 5) is 0. The summed E-state index contributed by atoms with van der Waals surface area (Å²) in [6.07, 6.45) is 11.4. The van der Waals surface area contributed by atoms with Gasteiger partial charge in [-0.15, -0.1) is 6.58 Å². The zero-order valence-electron chi connectivity index (χ0n) is 11.7. The maximum Gasteiger partial charge on any atom is 0.184 e. The quantitative estimate of drug-likeness (QED) is 0.293. The summed E-state index contributed by atoms with van der Waals surface area (Å²) in [7, 11) is -1.38. The molecule has 0 amide bonds. The highest BCUT2D eigenvalue weighted by atomic mass is 28.4. The Bertz CT molecular complexity index is 172. The maximum absolute atomic E-state index is 6.15. The van der Waals surface area contributed by atoms with E-state index in [9.17, 15) is 0 Å². The average molecular weight is 242 g/mol. The SMILES string of the molecule is C=CCC(CCCCCCC)O[Si](C)(C)C. The van der Waals surface area contributed by atoms with Crippen molar-refractivity contribution in [3.8, 4) is 0 Å². The zero-order valence-corrected chi connectivity index (χ0v) is 12.7. The second kappa shape index (κ2) is 9.00. The molecule has 0 aromatic rings. The highest BCUT2D eigenvalue weighted by molar-refractivity contribution is 6.69. The number of unbranched alkanes of at least 4 members (excludes halogenated alkanes) is 4. The highest BCUT2D eigenvalue weighted by Gasteiger charge is 2.19. The van der Waals surface area contributed by atoms with Crippen LogP contribution in [0, 0.1) is 0 Å². The van der Waals surface area contributed by atoms with Crippen molar-refractivity contribution in [3.05, 3.63) is 12.7 Å². The molecule has 0 spiro atoms. The lowest BCUT2D eigenvalue weighted by molar-refractivity contribution is 0.182. The molecule has 0 aliphatic rings. The molecule has 1 nitrogen and oxygen atoms in total. The van der Waals surface area contributed by atoms with Crippen LogP contribution in [-0.4, -0.2) is 14.4 Å². The van der Waals surface area contributed by atoms with Gasteiger partial charge in [0, 0.05) is 6.10 Å². The summed E-state index contributed by atoms with van der Waals surface area (Å²) in [6.45, 7) is 12.9. The van der Waals surface area contributed by atoms with Gasteiger partial charge in [-0.2, -0.15) is 0 Å². The van der Waals surface area contributed by atoms with E-state index in [4.69, 9.17) is 4.43 Å². The fraction of sp³-hybridized carbons (Fsp3) is 0.857. The third kappa shape index (κ3) is 10.4. The van der Waals surface area contributed by atoms with Crippen molar-refractivity contribution in [2.24, 2.45) is 0 Å². The van der Waals surface area contributed by atoms with E-state index in [1.165, 1.54) is 38.5 Å². The van der Waals surface area contributed by atoms with Gasteiger partial charge in [0.05, 0.1) is 0 Å². The van der Waals surface area contributed by atoms with Crippen molar-refractivity contribution in [1.29, 1.82) is 0 Å². The number of hydrogen-bond acceptors (Lipinski definition) is 1. The van der Waals surface area contributed by atoms with Gasteiger partial charge in [-0.1, -0.05) is 45.1 Å². The predicted molar refractivity (Wildman–Crippen MR) is 76.4 cm³/mol. The fourth-order valence-electron chi connectivity index (χ4n) is 1.89. The Kier molecular flexibility index (Phi) is 8.95. The van der Waals surface area contributed by atoms with Gasteiger partial charge in [0.2, 0.25) is 0 Å². The summed E-state index contributed by atoms with van der Waals surface area (Å²) in [5, 5.41) is 0. The van der Waals surface area contributed by atoms with E-state index in [1.54, 1.807) is 0 Å². The summed E-state index contributed by atoms with van der Waals surface area (Å²) in [5.41, 5.74) is 0. The first-order chi connectivity index (χ1) is 7.49. The van der Waals surface area contributed by atoms with E-state index < -0.39 is 8.32 Å². The molecule has 16 heavy (non-hydrogen) atoms. The Labute approximate surface area is 103 Å². The van der Waals surface area contributed by atoms with Gasteiger partial charge in [0.1, 0.15) is 0 Å². The molecule has 0 N–H and O–H groups in total. The van der Waals surface area contributed by atoms with E-state index in [2.05, 4.69) is 33.1 Å². The molecule has 1 atom stereocenters. The normalized spacial score (nSPS) is 13.8. The Morgan fingerprint density at radius 1 is 1.12 bits per heavy atom. The van der Waals surface area contributed by atoms with Gasteiger partial charge in [0.25, 0.3) is 0 Å². The third-order valence-electron chi connectivity index (χ3n) is 2.58. The topological polar surface area (TPSA) is 9.23 Å². The molecular weight excluding hydrogens is 212 g/mol. The van der Waals surface area contributed by atoms with Crippen molar-refractivity contribution in [2.75, 3.05) is 0 Å². The molecule has 1 unspecified atom stereocenters. The fourth-order valence-corrected chi connectivity index (χ4v) is 3.10. The lowest BCUT2D eigenvalue weighted by Gasteiger charge is -2.25. The van der Waals surface area contributed by atoms with Crippen LogP contribution in [0.5, 0.6) is 0 Å². The largest absolute Gasteiger partial charge is 0.414 e. The Morgan fingerprint density at radius 3 is 2.25 bits per heavy atom. The molecule has 0 aliphatic heterocycles. The van der Waals surface area contributed by atoms with Crippen LogP contribution >= 0.6 is 0 Å². The van der Waals surface area contributed by atoms with Crippen LogP contribution in [0.15, 0.2) is 12.7 Å². The van der Waals surface area contributed by atoms with E-state index in [0.717, 1.165) is 6.42 Å². The van der Waals surface area contributed by atoms with Crippen LogP contribution in [0.4, 0.5) is 0 Å². The molecule has 0 fully saturated rings. The van der Waals surface area contributed by atoms with Gasteiger partial charge in [-0.25, -0.2) is 0 Å². The molecular formula is C14H30OSi. The van der Waals surface area contributed by atoms with E-state index in [1.807, 2.05) is 6.08 Å². The van der Waals surface area contributed by atoms with Gasteiger partial charge < -0.3 is 4.43 Å². The molecule has 0 heterocycles. The molecule has 0 saturated heterocycles. The molecule has 0 bridgehead atoms. The lowest BCUT2D eigenvalue weighted by Crippen LogP contribution is -2.31. The van der Waals surface area contributed by atoms with E-state index >= 15 is 0 Å².